The maximum Gasteiger partial charge on any atom is 0.258 e. The zero-order valence-corrected chi connectivity index (χ0v) is 14.3. The lowest BCUT2D eigenvalue weighted by Gasteiger charge is -2.36. The highest BCUT2D eigenvalue weighted by Gasteiger charge is 2.29. The summed E-state index contributed by atoms with van der Waals surface area (Å²) in [5.41, 5.74) is 0.954. The van der Waals surface area contributed by atoms with Crippen molar-refractivity contribution in [3.8, 4) is 5.75 Å². The van der Waals surface area contributed by atoms with Gasteiger partial charge in [0.1, 0.15) is 11.6 Å². The van der Waals surface area contributed by atoms with Gasteiger partial charge in [0.25, 0.3) is 5.91 Å². The number of rotatable bonds is 6. The molecule has 1 fully saturated rings. The number of aromatic nitrogens is 1. The van der Waals surface area contributed by atoms with Crippen LogP contribution >= 0.6 is 0 Å². The van der Waals surface area contributed by atoms with Gasteiger partial charge in [-0.2, -0.15) is 0 Å². The van der Waals surface area contributed by atoms with Crippen LogP contribution in [0.4, 0.5) is 4.39 Å². The number of amides is 1. The van der Waals surface area contributed by atoms with Crippen LogP contribution in [0.1, 0.15) is 12.1 Å². The Labute approximate surface area is 151 Å². The first-order valence-electron chi connectivity index (χ1n) is 8.58. The molecule has 2 atom stereocenters. The Morgan fingerprint density at radius 1 is 1.31 bits per heavy atom. The van der Waals surface area contributed by atoms with Crippen LogP contribution in [0.15, 0.2) is 48.7 Å². The molecule has 0 radical (unpaired) electrons. The number of pyridine rings is 1. The van der Waals surface area contributed by atoms with Gasteiger partial charge in [-0.3, -0.25) is 14.7 Å². The number of hydrogen-bond donors (Lipinski definition) is 2. The van der Waals surface area contributed by atoms with E-state index < -0.39 is 6.10 Å². The van der Waals surface area contributed by atoms with Gasteiger partial charge in [0, 0.05) is 25.8 Å². The van der Waals surface area contributed by atoms with E-state index in [1.807, 2.05) is 18.2 Å². The van der Waals surface area contributed by atoms with Crippen LogP contribution in [-0.2, 0) is 11.3 Å². The van der Waals surface area contributed by atoms with Gasteiger partial charge in [-0.25, -0.2) is 4.39 Å². The van der Waals surface area contributed by atoms with Gasteiger partial charge in [0.15, 0.2) is 6.61 Å². The Kier molecular flexibility index (Phi) is 6.14. The van der Waals surface area contributed by atoms with Crippen molar-refractivity contribution in [2.45, 2.75) is 25.1 Å². The number of carbonyl (C=O) groups is 1. The van der Waals surface area contributed by atoms with E-state index in [4.69, 9.17) is 4.74 Å². The van der Waals surface area contributed by atoms with Crippen molar-refractivity contribution >= 4 is 5.91 Å². The Hall–Kier alpha value is -2.51. The predicted octanol–water partition coefficient (Wildman–Crippen LogP) is 1.35. The number of nitrogens with one attached hydrogen (secondary N) is 1. The number of benzene rings is 1. The molecule has 0 unspecified atom stereocenters. The number of nitrogens with zero attached hydrogens (tertiary/aromatic N) is 2. The van der Waals surface area contributed by atoms with E-state index in [1.54, 1.807) is 6.20 Å². The standard InChI is InChI=1S/C19H22FN3O3/c20-14-4-6-16(7-5-14)26-13-19(25)22-17-8-10-23(12-18(17)24)11-15-3-1-2-9-21-15/h1-7,9,17-18,24H,8,10-13H2,(H,22,25)/t17-,18-/m1/s1. The third kappa shape index (κ3) is 5.24. The van der Waals surface area contributed by atoms with Crippen LogP contribution in [0.25, 0.3) is 0 Å². The smallest absolute Gasteiger partial charge is 0.258 e. The highest BCUT2D eigenvalue weighted by Crippen LogP contribution is 2.14. The molecule has 1 aliphatic rings. The molecule has 1 amide bonds. The van der Waals surface area contributed by atoms with Gasteiger partial charge >= 0.3 is 0 Å². The fraction of sp³-hybridized carbons (Fsp3) is 0.368. The van der Waals surface area contributed by atoms with Crippen LogP contribution in [-0.4, -0.2) is 52.7 Å². The van der Waals surface area contributed by atoms with Gasteiger partial charge in [-0.1, -0.05) is 6.07 Å². The van der Waals surface area contributed by atoms with E-state index in [9.17, 15) is 14.3 Å². The summed E-state index contributed by atoms with van der Waals surface area (Å²) < 4.78 is 18.2. The third-order valence-corrected chi connectivity index (χ3v) is 4.31. The number of likely N-dealkylation sites (tertiary alicyclic amines) is 1. The number of piperidine rings is 1. The normalized spacial score (nSPS) is 20.5. The average Bonchev–Trinajstić information content (AvgIpc) is 2.64. The molecule has 7 heteroatoms. The molecular weight excluding hydrogens is 337 g/mol. The Morgan fingerprint density at radius 3 is 2.81 bits per heavy atom. The van der Waals surface area contributed by atoms with Crippen molar-refractivity contribution in [3.05, 3.63) is 60.2 Å². The summed E-state index contributed by atoms with van der Waals surface area (Å²) in [5.74, 6) is -0.244. The van der Waals surface area contributed by atoms with E-state index in [0.717, 1.165) is 12.2 Å². The second kappa shape index (κ2) is 8.73. The van der Waals surface area contributed by atoms with E-state index in [2.05, 4.69) is 15.2 Å². The molecule has 0 aliphatic carbocycles. The van der Waals surface area contributed by atoms with Crippen LogP contribution in [0, 0.1) is 5.82 Å². The molecular formula is C19H22FN3O3. The Morgan fingerprint density at radius 2 is 2.12 bits per heavy atom. The van der Waals surface area contributed by atoms with Crippen LogP contribution in [0.5, 0.6) is 5.75 Å². The minimum Gasteiger partial charge on any atom is -0.484 e. The molecule has 2 N–H and O–H groups in total. The molecule has 6 nitrogen and oxygen atoms in total. The van der Waals surface area contributed by atoms with Crippen molar-refractivity contribution in [2.24, 2.45) is 0 Å². The summed E-state index contributed by atoms with van der Waals surface area (Å²) in [7, 11) is 0. The second-order valence-corrected chi connectivity index (χ2v) is 6.33. The quantitative estimate of drug-likeness (QED) is 0.814. The van der Waals surface area contributed by atoms with Crippen molar-refractivity contribution in [3.63, 3.8) is 0 Å². The minimum atomic E-state index is -0.651. The van der Waals surface area contributed by atoms with Gasteiger partial charge in [-0.15, -0.1) is 0 Å². The van der Waals surface area contributed by atoms with Gasteiger partial charge < -0.3 is 15.2 Å². The number of carbonyl (C=O) groups excluding carboxylic acids is 1. The number of aliphatic hydroxyl groups excluding tert-OH is 1. The summed E-state index contributed by atoms with van der Waals surface area (Å²) in [4.78, 5) is 18.4. The zero-order valence-electron chi connectivity index (χ0n) is 14.3. The molecule has 2 heterocycles. The van der Waals surface area contributed by atoms with E-state index in [0.29, 0.717) is 25.3 Å². The predicted molar refractivity (Wildman–Crippen MR) is 94.0 cm³/mol. The minimum absolute atomic E-state index is 0.174. The number of hydrogen-bond acceptors (Lipinski definition) is 5. The summed E-state index contributed by atoms with van der Waals surface area (Å²) in [6, 6.07) is 10.9. The topological polar surface area (TPSA) is 74.7 Å². The van der Waals surface area contributed by atoms with Crippen molar-refractivity contribution in [1.82, 2.24) is 15.2 Å². The lowest BCUT2D eigenvalue weighted by molar-refractivity contribution is -0.125. The first kappa shape index (κ1) is 18.3. The molecule has 1 aromatic heterocycles. The van der Waals surface area contributed by atoms with Gasteiger partial charge in [0.05, 0.1) is 17.8 Å². The fourth-order valence-corrected chi connectivity index (χ4v) is 2.96. The molecule has 0 spiro atoms. The van der Waals surface area contributed by atoms with Crippen LogP contribution in [0.3, 0.4) is 0 Å². The number of halogens is 1. The lowest BCUT2D eigenvalue weighted by Crippen LogP contribution is -2.54. The molecule has 1 aromatic carbocycles. The van der Waals surface area contributed by atoms with E-state index in [1.165, 1.54) is 24.3 Å². The van der Waals surface area contributed by atoms with Crippen molar-refractivity contribution in [1.29, 1.82) is 0 Å². The van der Waals surface area contributed by atoms with Crippen molar-refractivity contribution < 1.29 is 19.0 Å². The summed E-state index contributed by atoms with van der Waals surface area (Å²) in [6.45, 7) is 1.73. The SMILES string of the molecule is O=C(COc1ccc(F)cc1)N[C@@H]1CCN(Cc2ccccn2)C[C@H]1O. The molecule has 138 valence electrons. The maximum absolute atomic E-state index is 12.8. The monoisotopic (exact) mass is 359 g/mol. The Balaban J connectivity index is 1.42. The molecule has 26 heavy (non-hydrogen) atoms. The zero-order chi connectivity index (χ0) is 18.4. The average molecular weight is 359 g/mol. The molecule has 3 rings (SSSR count). The Bertz CT molecular complexity index is 712. The highest BCUT2D eigenvalue weighted by atomic mass is 19.1. The largest absolute Gasteiger partial charge is 0.484 e. The third-order valence-electron chi connectivity index (χ3n) is 4.31. The lowest BCUT2D eigenvalue weighted by atomic mass is 10.0. The highest BCUT2D eigenvalue weighted by molar-refractivity contribution is 5.77. The van der Waals surface area contributed by atoms with Crippen LogP contribution < -0.4 is 10.1 Å². The van der Waals surface area contributed by atoms with Gasteiger partial charge in [0.2, 0.25) is 0 Å². The molecule has 1 aliphatic heterocycles. The number of ether oxygens (including phenoxy) is 1. The summed E-state index contributed by atoms with van der Waals surface area (Å²) in [5, 5.41) is 13.1. The van der Waals surface area contributed by atoms with Crippen LogP contribution in [0.2, 0.25) is 0 Å². The van der Waals surface area contributed by atoms with E-state index >= 15 is 0 Å². The first-order valence-corrected chi connectivity index (χ1v) is 8.58. The van der Waals surface area contributed by atoms with E-state index in [-0.39, 0.29) is 24.4 Å². The first-order chi connectivity index (χ1) is 12.6. The number of β-amino-alcohol motifs (C(OH)–C–C–N with tert-alkyl or cyclic N) is 1. The molecule has 2 aromatic rings. The summed E-state index contributed by atoms with van der Waals surface area (Å²) >= 11 is 0. The molecule has 0 bridgehead atoms. The maximum atomic E-state index is 12.8. The molecule has 0 saturated carbocycles. The second-order valence-electron chi connectivity index (χ2n) is 6.33. The fourth-order valence-electron chi connectivity index (χ4n) is 2.96. The number of aliphatic hydroxyl groups is 1. The summed E-state index contributed by atoms with van der Waals surface area (Å²) in [6.07, 6.45) is 1.75. The molecule has 1 saturated heterocycles. The van der Waals surface area contributed by atoms with Gasteiger partial charge in [-0.05, 0) is 42.8 Å². The van der Waals surface area contributed by atoms with Crippen molar-refractivity contribution in [2.75, 3.05) is 19.7 Å².